The molecule has 7 nitrogen and oxygen atoms in total. The first-order chi connectivity index (χ1) is 10.2. The van der Waals surface area contributed by atoms with Crippen molar-refractivity contribution in [2.24, 2.45) is 0 Å². The Kier molecular flexibility index (Phi) is 3.46. The number of nitrogens with one attached hydrogen (secondary N) is 2. The quantitative estimate of drug-likeness (QED) is 0.758. The number of aromatic amines is 2. The van der Waals surface area contributed by atoms with Gasteiger partial charge in [0.15, 0.2) is 0 Å². The highest BCUT2D eigenvalue weighted by atomic mass is 16.2. The summed E-state index contributed by atoms with van der Waals surface area (Å²) in [5.74, 6) is 0.481. The fraction of sp³-hybridized carbons (Fsp3) is 0.143. The first-order valence-corrected chi connectivity index (χ1v) is 6.44. The third-order valence-corrected chi connectivity index (χ3v) is 3.08. The molecule has 0 bridgehead atoms. The topological polar surface area (TPSA) is 90.6 Å². The van der Waals surface area contributed by atoms with Crippen molar-refractivity contribution < 1.29 is 4.79 Å². The Balaban J connectivity index is 1.75. The molecule has 21 heavy (non-hydrogen) atoms. The Labute approximate surface area is 121 Å². The molecule has 0 aliphatic carbocycles. The van der Waals surface area contributed by atoms with E-state index in [-0.39, 0.29) is 5.91 Å². The van der Waals surface area contributed by atoms with Gasteiger partial charge in [0.25, 0.3) is 5.91 Å². The summed E-state index contributed by atoms with van der Waals surface area (Å²) in [5.41, 5.74) is 2.15. The molecule has 0 spiro atoms. The molecule has 3 aromatic rings. The molecule has 1 amide bonds. The van der Waals surface area contributed by atoms with Crippen LogP contribution in [-0.2, 0) is 6.54 Å². The molecule has 0 atom stereocenters. The fourth-order valence-electron chi connectivity index (χ4n) is 2.00. The lowest BCUT2D eigenvalue weighted by Gasteiger charge is -2.13. The molecule has 3 rings (SSSR count). The van der Waals surface area contributed by atoms with Crippen molar-refractivity contribution in [3.8, 4) is 11.3 Å². The van der Waals surface area contributed by atoms with Crippen molar-refractivity contribution in [2.75, 3.05) is 7.05 Å². The molecule has 2 aromatic heterocycles. The number of nitrogens with zero attached hydrogens (tertiary/aromatic N) is 4. The van der Waals surface area contributed by atoms with E-state index in [0.29, 0.717) is 18.1 Å². The predicted octanol–water partition coefficient (Wildman–Crippen LogP) is 1.47. The van der Waals surface area contributed by atoms with Crippen LogP contribution in [0.5, 0.6) is 0 Å². The molecule has 2 N–H and O–H groups in total. The number of H-pyrrole nitrogens is 2. The number of aromatic nitrogens is 5. The minimum atomic E-state index is -0.152. The van der Waals surface area contributed by atoms with Gasteiger partial charge in [0.05, 0.1) is 12.2 Å². The van der Waals surface area contributed by atoms with Crippen molar-refractivity contribution in [3.63, 3.8) is 0 Å². The van der Waals surface area contributed by atoms with E-state index in [9.17, 15) is 4.79 Å². The van der Waals surface area contributed by atoms with Crippen LogP contribution < -0.4 is 0 Å². The maximum absolute atomic E-state index is 12.3. The lowest BCUT2D eigenvalue weighted by Crippen LogP contribution is -2.27. The van der Waals surface area contributed by atoms with Gasteiger partial charge in [-0.05, 0) is 6.07 Å². The predicted molar refractivity (Wildman–Crippen MR) is 76.2 cm³/mol. The van der Waals surface area contributed by atoms with Crippen molar-refractivity contribution >= 4 is 5.91 Å². The first kappa shape index (κ1) is 13.0. The van der Waals surface area contributed by atoms with E-state index < -0.39 is 0 Å². The van der Waals surface area contributed by atoms with E-state index >= 15 is 0 Å². The zero-order valence-electron chi connectivity index (χ0n) is 11.4. The number of carbonyl (C=O) groups excluding carboxylic acids is 1. The summed E-state index contributed by atoms with van der Waals surface area (Å²) in [4.78, 5) is 17.9. The maximum atomic E-state index is 12.3. The molecule has 0 saturated heterocycles. The fourth-order valence-corrected chi connectivity index (χ4v) is 2.00. The molecular formula is C14H14N6O. The molecule has 106 valence electrons. The summed E-state index contributed by atoms with van der Waals surface area (Å²) >= 11 is 0. The lowest BCUT2D eigenvalue weighted by molar-refractivity contribution is 0.0776. The highest BCUT2D eigenvalue weighted by Gasteiger charge is 2.16. The summed E-state index contributed by atoms with van der Waals surface area (Å²) < 4.78 is 0. The van der Waals surface area contributed by atoms with Crippen LogP contribution in [0.2, 0.25) is 0 Å². The van der Waals surface area contributed by atoms with Gasteiger partial charge < -0.3 is 4.90 Å². The molecule has 0 fully saturated rings. The number of amides is 1. The van der Waals surface area contributed by atoms with Crippen LogP contribution in [0.3, 0.4) is 0 Å². The molecule has 0 unspecified atom stereocenters. The van der Waals surface area contributed by atoms with Gasteiger partial charge in [0.2, 0.25) is 0 Å². The van der Waals surface area contributed by atoms with Gasteiger partial charge in [-0.1, -0.05) is 30.3 Å². The molecule has 0 radical (unpaired) electrons. The minimum Gasteiger partial charge on any atom is -0.333 e. The Morgan fingerprint density at radius 1 is 1.24 bits per heavy atom. The summed E-state index contributed by atoms with van der Waals surface area (Å²) in [6.07, 6.45) is 1.41. The van der Waals surface area contributed by atoms with Gasteiger partial charge in [-0.3, -0.25) is 15.0 Å². The van der Waals surface area contributed by atoms with E-state index in [1.165, 1.54) is 6.33 Å². The third kappa shape index (κ3) is 2.81. The smallest absolute Gasteiger partial charge is 0.272 e. The second kappa shape index (κ2) is 5.58. The molecule has 7 heteroatoms. The van der Waals surface area contributed by atoms with Crippen molar-refractivity contribution in [1.29, 1.82) is 0 Å². The Bertz CT molecular complexity index is 719. The van der Waals surface area contributed by atoms with Crippen LogP contribution in [-0.4, -0.2) is 43.2 Å². The van der Waals surface area contributed by atoms with E-state index in [1.54, 1.807) is 18.0 Å². The van der Waals surface area contributed by atoms with Crippen LogP contribution in [0.1, 0.15) is 16.3 Å². The third-order valence-electron chi connectivity index (χ3n) is 3.08. The Morgan fingerprint density at radius 3 is 2.76 bits per heavy atom. The van der Waals surface area contributed by atoms with Crippen LogP contribution in [0, 0.1) is 0 Å². The molecule has 1 aromatic carbocycles. The van der Waals surface area contributed by atoms with E-state index in [4.69, 9.17) is 0 Å². The molecule has 0 aliphatic heterocycles. The lowest BCUT2D eigenvalue weighted by atomic mass is 10.1. The second-order valence-electron chi connectivity index (χ2n) is 4.63. The van der Waals surface area contributed by atoms with Gasteiger partial charge in [-0.2, -0.15) is 10.2 Å². The van der Waals surface area contributed by atoms with Gasteiger partial charge in [0.1, 0.15) is 17.8 Å². The average molecular weight is 282 g/mol. The largest absolute Gasteiger partial charge is 0.333 e. The zero-order chi connectivity index (χ0) is 14.7. The van der Waals surface area contributed by atoms with Crippen molar-refractivity contribution in [2.45, 2.75) is 6.54 Å². The van der Waals surface area contributed by atoms with Gasteiger partial charge in [-0.25, -0.2) is 4.98 Å². The standard InChI is InChI=1S/C14H14N6O/c1-20(8-13-15-9-16-19-13)14(21)12-7-11(17-18-12)10-5-3-2-4-6-10/h2-7,9H,8H2,1H3,(H,17,18)(H,15,16,19). The maximum Gasteiger partial charge on any atom is 0.272 e. The minimum absolute atomic E-state index is 0.152. The average Bonchev–Trinajstić information content (AvgIpc) is 3.18. The summed E-state index contributed by atoms with van der Waals surface area (Å²) in [6, 6.07) is 11.4. The van der Waals surface area contributed by atoms with Crippen LogP contribution in [0.25, 0.3) is 11.3 Å². The zero-order valence-corrected chi connectivity index (χ0v) is 11.4. The molecule has 0 saturated carbocycles. The summed E-state index contributed by atoms with van der Waals surface area (Å²) in [7, 11) is 1.70. The highest BCUT2D eigenvalue weighted by molar-refractivity contribution is 5.93. The van der Waals surface area contributed by atoms with Gasteiger partial charge in [-0.15, -0.1) is 0 Å². The highest BCUT2D eigenvalue weighted by Crippen LogP contribution is 2.17. The Hall–Kier alpha value is -2.96. The Morgan fingerprint density at radius 2 is 2.05 bits per heavy atom. The monoisotopic (exact) mass is 282 g/mol. The van der Waals surface area contributed by atoms with E-state index in [0.717, 1.165) is 11.3 Å². The summed E-state index contributed by atoms with van der Waals surface area (Å²) in [6.45, 7) is 0.360. The SMILES string of the molecule is CN(Cc1ncn[nH]1)C(=O)c1cc(-c2ccccc2)n[nH]1. The van der Waals surface area contributed by atoms with Crippen LogP contribution >= 0.6 is 0 Å². The molecular weight excluding hydrogens is 268 g/mol. The summed E-state index contributed by atoms with van der Waals surface area (Å²) in [5, 5.41) is 13.4. The van der Waals surface area contributed by atoms with Gasteiger partial charge >= 0.3 is 0 Å². The normalized spacial score (nSPS) is 10.5. The van der Waals surface area contributed by atoms with Crippen molar-refractivity contribution in [3.05, 3.63) is 54.2 Å². The molecule has 0 aliphatic rings. The second-order valence-corrected chi connectivity index (χ2v) is 4.63. The number of carbonyl (C=O) groups is 1. The van der Waals surface area contributed by atoms with E-state index in [2.05, 4.69) is 25.4 Å². The molecule has 2 heterocycles. The number of rotatable bonds is 4. The number of hydrogen-bond donors (Lipinski definition) is 2. The van der Waals surface area contributed by atoms with Crippen LogP contribution in [0.15, 0.2) is 42.7 Å². The van der Waals surface area contributed by atoms with Crippen LogP contribution in [0.4, 0.5) is 0 Å². The first-order valence-electron chi connectivity index (χ1n) is 6.44. The number of hydrogen-bond acceptors (Lipinski definition) is 4. The van der Waals surface area contributed by atoms with Gasteiger partial charge in [0, 0.05) is 12.6 Å². The van der Waals surface area contributed by atoms with Crippen molar-refractivity contribution in [1.82, 2.24) is 30.3 Å². The van der Waals surface area contributed by atoms with E-state index in [1.807, 2.05) is 30.3 Å². The number of benzene rings is 1.